The van der Waals surface area contributed by atoms with Crippen molar-refractivity contribution in [3.63, 3.8) is 0 Å². The summed E-state index contributed by atoms with van der Waals surface area (Å²) in [5.74, 6) is 0.415. The van der Waals surface area contributed by atoms with Gasteiger partial charge in [0.05, 0.1) is 9.79 Å². The average Bonchev–Trinajstić information content (AvgIpc) is 2.98. The summed E-state index contributed by atoms with van der Waals surface area (Å²) in [5.41, 5.74) is -0.462. The van der Waals surface area contributed by atoms with E-state index in [1.165, 1.54) is 24.5 Å². The third kappa shape index (κ3) is 3.53. The Labute approximate surface area is 177 Å². The summed E-state index contributed by atoms with van der Waals surface area (Å²) >= 11 is 1.84. The zero-order valence-electron chi connectivity index (χ0n) is 16.3. The molecule has 3 aromatic carbocycles. The molecule has 2 aliphatic heterocycles. The van der Waals surface area contributed by atoms with Crippen molar-refractivity contribution in [1.29, 1.82) is 0 Å². The molecule has 3 nitrogen and oxygen atoms in total. The maximum Gasteiger partial charge on any atom is 0.348 e. The molecule has 0 radical (unpaired) electrons. The standard InChI is InChI=1S/C24H21O3S2/c1-24(2)15-18(23(25)27-24)26-16-11-13-17(14-12-16)29-21-9-5-3-7-19(21)28-20-8-4-6-10-22(20)29/h3-14,18H,15H2,1-2H3/q+1. The molecule has 3 aromatic rings. The fourth-order valence-electron chi connectivity index (χ4n) is 3.71. The maximum atomic E-state index is 12.0. The Kier molecular flexibility index (Phi) is 4.60. The second kappa shape index (κ2) is 7.15. The van der Waals surface area contributed by atoms with Crippen LogP contribution in [0.2, 0.25) is 0 Å². The second-order valence-electron chi connectivity index (χ2n) is 7.76. The lowest BCUT2D eigenvalue weighted by Gasteiger charge is -2.19. The molecular weight excluding hydrogens is 400 g/mol. The highest BCUT2D eigenvalue weighted by Gasteiger charge is 2.42. The van der Waals surface area contributed by atoms with Crippen molar-refractivity contribution in [2.45, 2.75) is 56.5 Å². The van der Waals surface area contributed by atoms with E-state index in [0.717, 1.165) is 0 Å². The van der Waals surface area contributed by atoms with Crippen LogP contribution in [0, 0.1) is 0 Å². The number of hydrogen-bond acceptors (Lipinski definition) is 4. The van der Waals surface area contributed by atoms with Gasteiger partial charge in [0.1, 0.15) is 22.2 Å². The Hall–Kier alpha value is -2.37. The molecule has 2 aliphatic rings. The van der Waals surface area contributed by atoms with Gasteiger partial charge in [-0.3, -0.25) is 0 Å². The van der Waals surface area contributed by atoms with Crippen LogP contribution in [0.5, 0.6) is 5.75 Å². The Balaban J connectivity index is 1.46. The lowest BCUT2D eigenvalue weighted by Crippen LogP contribution is -2.22. The van der Waals surface area contributed by atoms with E-state index >= 15 is 0 Å². The fourth-order valence-corrected chi connectivity index (χ4v) is 7.45. The van der Waals surface area contributed by atoms with E-state index in [4.69, 9.17) is 9.47 Å². The predicted molar refractivity (Wildman–Crippen MR) is 115 cm³/mol. The molecule has 1 unspecified atom stereocenters. The first-order valence-corrected chi connectivity index (χ1v) is 11.6. The van der Waals surface area contributed by atoms with Gasteiger partial charge in [-0.25, -0.2) is 4.79 Å². The monoisotopic (exact) mass is 421 g/mol. The predicted octanol–water partition coefficient (Wildman–Crippen LogP) is 5.72. The number of carbonyl (C=O) groups excluding carboxylic acids is 1. The molecule has 1 atom stereocenters. The van der Waals surface area contributed by atoms with Crippen LogP contribution in [0.25, 0.3) is 0 Å². The molecule has 0 aromatic heterocycles. The summed E-state index contributed by atoms with van der Waals surface area (Å²) in [5, 5.41) is 0. The van der Waals surface area contributed by atoms with Gasteiger partial charge in [0.2, 0.25) is 0 Å². The van der Waals surface area contributed by atoms with Crippen LogP contribution in [-0.4, -0.2) is 17.7 Å². The highest BCUT2D eigenvalue weighted by molar-refractivity contribution is 8.04. The minimum atomic E-state index is -0.536. The van der Waals surface area contributed by atoms with Crippen LogP contribution in [0.15, 0.2) is 97.3 Å². The van der Waals surface area contributed by atoms with Gasteiger partial charge in [-0.05, 0) is 62.4 Å². The molecule has 0 saturated carbocycles. The number of esters is 1. The highest BCUT2D eigenvalue weighted by Crippen LogP contribution is 2.48. The van der Waals surface area contributed by atoms with Gasteiger partial charge in [-0.1, -0.05) is 36.0 Å². The van der Waals surface area contributed by atoms with Gasteiger partial charge in [-0.2, -0.15) is 0 Å². The molecule has 0 N–H and O–H groups in total. The van der Waals surface area contributed by atoms with Gasteiger partial charge in [0.15, 0.2) is 20.8 Å². The minimum absolute atomic E-state index is 0.158. The fraction of sp³-hybridized carbons (Fsp3) is 0.208. The number of rotatable bonds is 3. The zero-order valence-corrected chi connectivity index (χ0v) is 17.9. The van der Waals surface area contributed by atoms with E-state index in [1.807, 2.05) is 37.7 Å². The first kappa shape index (κ1) is 18.6. The van der Waals surface area contributed by atoms with Crippen molar-refractivity contribution in [1.82, 2.24) is 0 Å². The first-order valence-electron chi connectivity index (χ1n) is 9.60. The Morgan fingerprint density at radius 1 is 0.931 bits per heavy atom. The van der Waals surface area contributed by atoms with Crippen molar-refractivity contribution in [2.75, 3.05) is 0 Å². The zero-order chi connectivity index (χ0) is 20.0. The van der Waals surface area contributed by atoms with Gasteiger partial charge >= 0.3 is 5.97 Å². The Morgan fingerprint density at radius 2 is 1.52 bits per heavy atom. The van der Waals surface area contributed by atoms with E-state index in [0.29, 0.717) is 12.2 Å². The summed E-state index contributed by atoms with van der Waals surface area (Å²) in [6, 6.07) is 25.4. The van der Waals surface area contributed by atoms with Gasteiger partial charge in [0.25, 0.3) is 0 Å². The van der Waals surface area contributed by atoms with Gasteiger partial charge in [0, 0.05) is 6.42 Å². The number of fused-ring (bicyclic) bond motifs is 2. The largest absolute Gasteiger partial charge is 0.479 e. The number of cyclic esters (lactones) is 1. The van der Waals surface area contributed by atoms with Crippen LogP contribution in [-0.2, 0) is 20.4 Å². The SMILES string of the molecule is CC1(C)CC(Oc2ccc([S+]3c4ccccc4Sc4ccccc43)cc2)C(=O)O1. The number of carbonyl (C=O) groups is 1. The third-order valence-electron chi connectivity index (χ3n) is 5.01. The molecule has 29 heavy (non-hydrogen) atoms. The lowest BCUT2D eigenvalue weighted by molar-refractivity contribution is -0.150. The molecule has 0 aliphatic carbocycles. The topological polar surface area (TPSA) is 35.5 Å². The summed E-state index contributed by atoms with van der Waals surface area (Å²) in [4.78, 5) is 18.6. The number of ether oxygens (including phenoxy) is 2. The molecule has 2 heterocycles. The van der Waals surface area contributed by atoms with Crippen LogP contribution >= 0.6 is 11.8 Å². The molecule has 1 saturated heterocycles. The van der Waals surface area contributed by atoms with E-state index in [9.17, 15) is 4.79 Å². The molecule has 0 spiro atoms. The Bertz CT molecular complexity index is 1030. The van der Waals surface area contributed by atoms with Crippen LogP contribution in [0.4, 0.5) is 0 Å². The van der Waals surface area contributed by atoms with E-state index in [1.54, 1.807) is 0 Å². The third-order valence-corrected chi connectivity index (χ3v) is 8.76. The van der Waals surface area contributed by atoms with Crippen LogP contribution in [0.3, 0.4) is 0 Å². The van der Waals surface area contributed by atoms with Crippen LogP contribution < -0.4 is 4.74 Å². The first-order chi connectivity index (χ1) is 14.0. The maximum absolute atomic E-state index is 12.0. The van der Waals surface area contributed by atoms with E-state index in [2.05, 4.69) is 60.7 Å². The average molecular weight is 422 g/mol. The van der Waals surface area contributed by atoms with Crippen molar-refractivity contribution in [2.24, 2.45) is 0 Å². The lowest BCUT2D eigenvalue weighted by atomic mass is 10.0. The van der Waals surface area contributed by atoms with Crippen molar-refractivity contribution in [3.8, 4) is 5.75 Å². The van der Waals surface area contributed by atoms with Crippen molar-refractivity contribution in [3.05, 3.63) is 72.8 Å². The summed E-state index contributed by atoms with van der Waals surface area (Å²) in [6.07, 6.45) is 0.0291. The second-order valence-corrected chi connectivity index (χ2v) is 10.8. The normalized spacial score (nSPS) is 19.9. The highest BCUT2D eigenvalue weighted by atomic mass is 32.2. The summed E-state index contributed by atoms with van der Waals surface area (Å²) in [7, 11) is -0.158. The molecule has 146 valence electrons. The quantitative estimate of drug-likeness (QED) is 0.313. The van der Waals surface area contributed by atoms with Gasteiger partial charge < -0.3 is 9.47 Å². The Morgan fingerprint density at radius 3 is 2.07 bits per heavy atom. The minimum Gasteiger partial charge on any atom is -0.479 e. The molecular formula is C24H21O3S2+. The molecule has 0 bridgehead atoms. The van der Waals surface area contributed by atoms with Crippen LogP contribution in [0.1, 0.15) is 20.3 Å². The smallest absolute Gasteiger partial charge is 0.348 e. The molecule has 1 fully saturated rings. The summed E-state index contributed by atoms with van der Waals surface area (Å²) in [6.45, 7) is 3.82. The van der Waals surface area contributed by atoms with Crippen molar-refractivity contribution < 1.29 is 14.3 Å². The van der Waals surface area contributed by atoms with E-state index in [-0.39, 0.29) is 16.9 Å². The van der Waals surface area contributed by atoms with Gasteiger partial charge in [-0.15, -0.1) is 0 Å². The molecule has 5 rings (SSSR count). The molecule has 0 amide bonds. The molecule has 5 heteroatoms. The summed E-state index contributed by atoms with van der Waals surface area (Å²) < 4.78 is 11.3. The van der Waals surface area contributed by atoms with E-state index < -0.39 is 11.7 Å². The van der Waals surface area contributed by atoms with Crippen molar-refractivity contribution >= 4 is 28.6 Å². The number of benzene rings is 3. The number of hydrogen-bond donors (Lipinski definition) is 0.